The molecule has 2 heteroatoms. The van der Waals surface area contributed by atoms with Crippen molar-refractivity contribution in [3.8, 4) is 0 Å². The lowest BCUT2D eigenvalue weighted by Gasteiger charge is -2.15. The van der Waals surface area contributed by atoms with Gasteiger partial charge in [0.2, 0.25) is 0 Å². The smallest absolute Gasteiger partial charge is 0.104 e. The van der Waals surface area contributed by atoms with Gasteiger partial charge in [-0.15, -0.1) is 0 Å². The molecule has 0 spiro atoms. The van der Waals surface area contributed by atoms with E-state index in [9.17, 15) is 0 Å². The van der Waals surface area contributed by atoms with Crippen LogP contribution in [0.5, 0.6) is 0 Å². The summed E-state index contributed by atoms with van der Waals surface area (Å²) < 4.78 is 0. The van der Waals surface area contributed by atoms with Crippen molar-refractivity contribution in [2.24, 2.45) is 0 Å². The van der Waals surface area contributed by atoms with E-state index in [1.807, 2.05) is 6.92 Å². The molecular formula is C12H14N2. The summed E-state index contributed by atoms with van der Waals surface area (Å²) in [7, 11) is 0. The molecule has 1 aliphatic rings. The lowest BCUT2D eigenvalue weighted by atomic mass is 9.91. The summed E-state index contributed by atoms with van der Waals surface area (Å²) in [6, 6.07) is 4.42. The van der Waals surface area contributed by atoms with E-state index in [0.717, 1.165) is 5.82 Å². The number of hydrogen-bond donors (Lipinski definition) is 1. The van der Waals surface area contributed by atoms with Gasteiger partial charge in [0.25, 0.3) is 0 Å². The van der Waals surface area contributed by atoms with Crippen LogP contribution in [0.4, 0.5) is 0 Å². The molecule has 0 aliphatic heterocycles. The van der Waals surface area contributed by atoms with E-state index >= 15 is 0 Å². The van der Waals surface area contributed by atoms with Crippen molar-refractivity contribution < 1.29 is 0 Å². The highest BCUT2D eigenvalue weighted by molar-refractivity contribution is 5.80. The quantitative estimate of drug-likeness (QED) is 0.673. The zero-order valence-electron chi connectivity index (χ0n) is 8.43. The van der Waals surface area contributed by atoms with E-state index in [1.165, 1.54) is 47.8 Å². The Labute approximate surface area is 83.4 Å². The van der Waals surface area contributed by atoms with Crippen LogP contribution < -0.4 is 0 Å². The van der Waals surface area contributed by atoms with Gasteiger partial charge in [-0.05, 0) is 49.8 Å². The van der Waals surface area contributed by atoms with Gasteiger partial charge in [0.1, 0.15) is 5.82 Å². The molecule has 72 valence electrons. The Morgan fingerprint density at radius 1 is 1.21 bits per heavy atom. The fraction of sp³-hybridized carbons (Fsp3) is 0.417. The Kier molecular flexibility index (Phi) is 1.63. The monoisotopic (exact) mass is 186 g/mol. The normalized spacial score (nSPS) is 15.8. The van der Waals surface area contributed by atoms with E-state index in [2.05, 4.69) is 22.1 Å². The molecule has 0 bridgehead atoms. The molecule has 0 atom stereocenters. The summed E-state index contributed by atoms with van der Waals surface area (Å²) in [5.74, 6) is 1.03. The van der Waals surface area contributed by atoms with Gasteiger partial charge in [-0.2, -0.15) is 0 Å². The van der Waals surface area contributed by atoms with Gasteiger partial charge in [0.15, 0.2) is 0 Å². The Balaban J connectivity index is 2.33. The van der Waals surface area contributed by atoms with E-state index in [-0.39, 0.29) is 0 Å². The highest BCUT2D eigenvalue weighted by atomic mass is 14.9. The van der Waals surface area contributed by atoms with Crippen LogP contribution >= 0.6 is 0 Å². The van der Waals surface area contributed by atoms with Crippen molar-refractivity contribution >= 4 is 11.0 Å². The zero-order valence-corrected chi connectivity index (χ0v) is 8.43. The van der Waals surface area contributed by atoms with Crippen LogP contribution in [-0.2, 0) is 12.8 Å². The van der Waals surface area contributed by atoms with Gasteiger partial charge in [-0.3, -0.25) is 0 Å². The molecule has 0 unspecified atom stereocenters. The van der Waals surface area contributed by atoms with Crippen molar-refractivity contribution in [2.45, 2.75) is 32.6 Å². The second kappa shape index (κ2) is 2.84. The molecule has 2 nitrogen and oxygen atoms in total. The molecule has 2 aromatic rings. The summed E-state index contributed by atoms with van der Waals surface area (Å²) >= 11 is 0. The lowest BCUT2D eigenvalue weighted by molar-refractivity contribution is 0.689. The highest BCUT2D eigenvalue weighted by Gasteiger charge is 2.13. The molecular weight excluding hydrogens is 172 g/mol. The molecule has 1 heterocycles. The van der Waals surface area contributed by atoms with Crippen molar-refractivity contribution in [2.75, 3.05) is 0 Å². The number of aryl methyl sites for hydroxylation is 3. The molecule has 1 N–H and O–H groups in total. The number of imidazole rings is 1. The molecule has 0 saturated carbocycles. The van der Waals surface area contributed by atoms with Crippen LogP contribution in [0.1, 0.15) is 29.8 Å². The van der Waals surface area contributed by atoms with Crippen LogP contribution in [0.2, 0.25) is 0 Å². The molecule has 14 heavy (non-hydrogen) atoms. The first-order chi connectivity index (χ1) is 6.84. The number of nitrogens with one attached hydrogen (secondary N) is 1. The summed E-state index contributed by atoms with van der Waals surface area (Å²) in [4.78, 5) is 7.87. The maximum absolute atomic E-state index is 4.57. The Morgan fingerprint density at radius 2 is 2.07 bits per heavy atom. The lowest BCUT2D eigenvalue weighted by Crippen LogP contribution is -2.02. The molecule has 3 rings (SSSR count). The summed E-state index contributed by atoms with van der Waals surface area (Å²) in [5.41, 5.74) is 5.40. The van der Waals surface area contributed by atoms with Crippen LogP contribution in [0.3, 0.4) is 0 Å². The number of rotatable bonds is 0. The minimum Gasteiger partial charge on any atom is -0.342 e. The molecule has 0 radical (unpaired) electrons. The van der Waals surface area contributed by atoms with E-state index < -0.39 is 0 Å². The van der Waals surface area contributed by atoms with Crippen LogP contribution in [0.15, 0.2) is 12.1 Å². The van der Waals surface area contributed by atoms with Crippen LogP contribution in [-0.4, -0.2) is 9.97 Å². The van der Waals surface area contributed by atoms with Crippen LogP contribution in [0, 0.1) is 6.92 Å². The number of hydrogen-bond acceptors (Lipinski definition) is 1. The molecule has 0 fully saturated rings. The first-order valence-corrected chi connectivity index (χ1v) is 5.32. The highest BCUT2D eigenvalue weighted by Crippen LogP contribution is 2.27. The second-order valence-corrected chi connectivity index (χ2v) is 4.13. The van der Waals surface area contributed by atoms with Gasteiger partial charge in [-0.25, -0.2) is 4.98 Å². The second-order valence-electron chi connectivity index (χ2n) is 4.13. The van der Waals surface area contributed by atoms with Gasteiger partial charge in [-0.1, -0.05) is 6.07 Å². The topological polar surface area (TPSA) is 28.7 Å². The first kappa shape index (κ1) is 8.04. The summed E-state index contributed by atoms with van der Waals surface area (Å²) in [6.45, 7) is 2.02. The predicted octanol–water partition coefficient (Wildman–Crippen LogP) is 2.75. The fourth-order valence-electron chi connectivity index (χ4n) is 2.43. The third kappa shape index (κ3) is 1.07. The number of benzene rings is 1. The Morgan fingerprint density at radius 3 is 3.00 bits per heavy atom. The number of nitrogens with zero attached hydrogens (tertiary/aromatic N) is 1. The SMILES string of the molecule is Cc1nc2c3c(ccc2[nH]1)CCCC3. The van der Waals surface area contributed by atoms with Crippen molar-refractivity contribution in [3.63, 3.8) is 0 Å². The third-order valence-electron chi connectivity index (χ3n) is 3.10. The Bertz CT molecular complexity index is 482. The van der Waals surface area contributed by atoms with E-state index in [4.69, 9.17) is 0 Å². The summed E-state index contributed by atoms with van der Waals surface area (Å²) in [5, 5.41) is 0. The molecule has 1 aromatic carbocycles. The van der Waals surface area contributed by atoms with E-state index in [1.54, 1.807) is 0 Å². The minimum absolute atomic E-state index is 1.03. The van der Waals surface area contributed by atoms with Gasteiger partial charge in [0.05, 0.1) is 11.0 Å². The largest absolute Gasteiger partial charge is 0.342 e. The predicted molar refractivity (Wildman–Crippen MR) is 57.5 cm³/mol. The van der Waals surface area contributed by atoms with Crippen LogP contribution in [0.25, 0.3) is 11.0 Å². The van der Waals surface area contributed by atoms with Crippen molar-refractivity contribution in [1.82, 2.24) is 9.97 Å². The number of H-pyrrole nitrogens is 1. The van der Waals surface area contributed by atoms with Gasteiger partial charge < -0.3 is 4.98 Å². The average Bonchev–Trinajstić information content (AvgIpc) is 2.59. The zero-order chi connectivity index (χ0) is 9.54. The number of aromatic amines is 1. The first-order valence-electron chi connectivity index (χ1n) is 5.32. The standard InChI is InChI=1S/C12H14N2/c1-8-13-11-7-6-9-4-2-3-5-10(9)12(11)14-8/h6-7H,2-5H2,1H3,(H,13,14). The van der Waals surface area contributed by atoms with Gasteiger partial charge in [0, 0.05) is 0 Å². The van der Waals surface area contributed by atoms with Crippen molar-refractivity contribution in [1.29, 1.82) is 0 Å². The molecule has 0 saturated heterocycles. The Hall–Kier alpha value is -1.31. The molecule has 1 aliphatic carbocycles. The maximum Gasteiger partial charge on any atom is 0.104 e. The fourth-order valence-corrected chi connectivity index (χ4v) is 2.43. The number of fused-ring (bicyclic) bond motifs is 3. The average molecular weight is 186 g/mol. The number of aromatic nitrogens is 2. The summed E-state index contributed by atoms with van der Waals surface area (Å²) in [6.07, 6.45) is 5.09. The van der Waals surface area contributed by atoms with E-state index in [0.29, 0.717) is 0 Å². The maximum atomic E-state index is 4.57. The molecule has 1 aromatic heterocycles. The minimum atomic E-state index is 1.03. The third-order valence-corrected chi connectivity index (χ3v) is 3.10. The van der Waals surface area contributed by atoms with Gasteiger partial charge >= 0.3 is 0 Å². The van der Waals surface area contributed by atoms with Crippen molar-refractivity contribution in [3.05, 3.63) is 29.1 Å². The molecule has 0 amide bonds.